The van der Waals surface area contributed by atoms with Crippen molar-refractivity contribution in [3.63, 3.8) is 0 Å². The number of rotatable bonds is 6. The van der Waals surface area contributed by atoms with Gasteiger partial charge < -0.3 is 10.4 Å². The molecule has 0 spiro atoms. The van der Waals surface area contributed by atoms with E-state index in [4.69, 9.17) is 5.11 Å². The van der Waals surface area contributed by atoms with Gasteiger partial charge in [-0.25, -0.2) is 0 Å². The summed E-state index contributed by atoms with van der Waals surface area (Å²) in [5.41, 5.74) is 0. The Morgan fingerprint density at radius 1 is 1.71 bits per heavy atom. The fraction of sp³-hybridized carbons (Fsp3) is 0.667. The first-order valence-electron chi connectivity index (χ1n) is 4.74. The number of hydrogen-bond acceptors (Lipinski definition) is 3. The molecule has 80 valence electrons. The molecule has 0 saturated carbocycles. The van der Waals surface area contributed by atoms with Crippen LogP contribution in [0.25, 0.3) is 0 Å². The molecule has 1 aromatic heterocycles. The third kappa shape index (κ3) is 4.21. The highest BCUT2D eigenvalue weighted by atomic mass is 79.9. The molecule has 1 atom stereocenters. The lowest BCUT2D eigenvalue weighted by Gasteiger charge is -2.12. The molecular formula is C9H16BrN3O. The second-order valence-corrected chi connectivity index (χ2v) is 4.23. The molecule has 2 N–H and O–H groups in total. The molecule has 4 nitrogen and oxygen atoms in total. The van der Waals surface area contributed by atoms with Crippen LogP contribution in [0.3, 0.4) is 0 Å². The summed E-state index contributed by atoms with van der Waals surface area (Å²) in [4.78, 5) is 0. The first-order chi connectivity index (χ1) is 6.72. The predicted octanol–water partition coefficient (Wildman–Crippen LogP) is 1.01. The Kier molecular flexibility index (Phi) is 5.14. The fourth-order valence-electron chi connectivity index (χ4n) is 1.21. The summed E-state index contributed by atoms with van der Waals surface area (Å²) in [5.74, 6) is 0. The number of aromatic nitrogens is 2. The molecular weight excluding hydrogens is 246 g/mol. The molecule has 1 rings (SSSR count). The van der Waals surface area contributed by atoms with Gasteiger partial charge in [0.15, 0.2) is 0 Å². The summed E-state index contributed by atoms with van der Waals surface area (Å²) in [6, 6.07) is 0.369. The van der Waals surface area contributed by atoms with Gasteiger partial charge in [0.1, 0.15) is 0 Å². The summed E-state index contributed by atoms with van der Waals surface area (Å²) in [7, 11) is 0. The van der Waals surface area contributed by atoms with Crippen molar-refractivity contribution >= 4 is 15.9 Å². The van der Waals surface area contributed by atoms with E-state index in [1.54, 1.807) is 6.20 Å². The molecule has 0 fully saturated rings. The van der Waals surface area contributed by atoms with Crippen LogP contribution in [0.15, 0.2) is 16.9 Å². The zero-order valence-electron chi connectivity index (χ0n) is 8.28. The van der Waals surface area contributed by atoms with Crippen LogP contribution in [0.5, 0.6) is 0 Å². The lowest BCUT2D eigenvalue weighted by atomic mass is 10.3. The van der Waals surface area contributed by atoms with Crippen LogP contribution < -0.4 is 5.32 Å². The van der Waals surface area contributed by atoms with Crippen molar-refractivity contribution < 1.29 is 5.11 Å². The zero-order chi connectivity index (χ0) is 10.4. The molecule has 0 amide bonds. The van der Waals surface area contributed by atoms with E-state index in [-0.39, 0.29) is 6.61 Å². The minimum absolute atomic E-state index is 0.243. The van der Waals surface area contributed by atoms with Crippen molar-refractivity contribution in [1.29, 1.82) is 0 Å². The lowest BCUT2D eigenvalue weighted by Crippen LogP contribution is -2.31. The van der Waals surface area contributed by atoms with Gasteiger partial charge in [0.05, 0.1) is 17.2 Å². The maximum atomic E-state index is 8.61. The van der Waals surface area contributed by atoms with E-state index in [1.165, 1.54) is 0 Å². The second-order valence-electron chi connectivity index (χ2n) is 3.31. The number of aliphatic hydroxyl groups is 1. The quantitative estimate of drug-likeness (QED) is 0.752. The molecule has 0 aliphatic heterocycles. The molecule has 5 heteroatoms. The highest BCUT2D eigenvalue weighted by Crippen LogP contribution is 2.06. The van der Waals surface area contributed by atoms with E-state index in [0.29, 0.717) is 6.04 Å². The fourth-order valence-corrected chi connectivity index (χ4v) is 1.54. The van der Waals surface area contributed by atoms with E-state index < -0.39 is 0 Å². The van der Waals surface area contributed by atoms with Gasteiger partial charge in [-0.3, -0.25) is 4.68 Å². The van der Waals surface area contributed by atoms with Crippen LogP contribution in [-0.2, 0) is 6.54 Å². The van der Waals surface area contributed by atoms with Crippen LogP contribution in [0.1, 0.15) is 13.3 Å². The number of halogens is 1. The van der Waals surface area contributed by atoms with Crippen LogP contribution in [0.4, 0.5) is 0 Å². The minimum atomic E-state index is 0.243. The van der Waals surface area contributed by atoms with Crippen molar-refractivity contribution in [3.8, 4) is 0 Å². The van der Waals surface area contributed by atoms with Gasteiger partial charge in [-0.05, 0) is 35.8 Å². The summed E-state index contributed by atoms with van der Waals surface area (Å²) < 4.78 is 2.89. The lowest BCUT2D eigenvalue weighted by molar-refractivity contribution is 0.282. The predicted molar refractivity (Wildman–Crippen MR) is 59.1 cm³/mol. The maximum Gasteiger partial charge on any atom is 0.0632 e. The van der Waals surface area contributed by atoms with Gasteiger partial charge >= 0.3 is 0 Å². The van der Waals surface area contributed by atoms with Gasteiger partial charge in [0.2, 0.25) is 0 Å². The van der Waals surface area contributed by atoms with Crippen molar-refractivity contribution in [3.05, 3.63) is 16.9 Å². The van der Waals surface area contributed by atoms with Crippen LogP contribution in [0, 0.1) is 0 Å². The van der Waals surface area contributed by atoms with Crippen LogP contribution >= 0.6 is 15.9 Å². The smallest absolute Gasteiger partial charge is 0.0632 e. The van der Waals surface area contributed by atoms with E-state index in [0.717, 1.165) is 24.0 Å². The molecule has 0 radical (unpaired) electrons. The number of nitrogens with one attached hydrogen (secondary N) is 1. The Morgan fingerprint density at radius 2 is 2.50 bits per heavy atom. The van der Waals surface area contributed by atoms with E-state index in [1.807, 2.05) is 10.9 Å². The Bertz CT molecular complexity index is 264. The normalized spacial score (nSPS) is 13.1. The molecule has 0 bridgehead atoms. The van der Waals surface area contributed by atoms with Crippen molar-refractivity contribution in [2.24, 2.45) is 0 Å². The van der Waals surface area contributed by atoms with Crippen molar-refractivity contribution in [2.75, 3.05) is 13.2 Å². The number of aliphatic hydroxyl groups excluding tert-OH is 1. The van der Waals surface area contributed by atoms with E-state index in [9.17, 15) is 0 Å². The summed E-state index contributed by atoms with van der Waals surface area (Å²) >= 11 is 3.35. The molecule has 0 aliphatic rings. The highest BCUT2D eigenvalue weighted by Gasteiger charge is 2.02. The monoisotopic (exact) mass is 261 g/mol. The Morgan fingerprint density at radius 3 is 3.07 bits per heavy atom. The summed E-state index contributed by atoms with van der Waals surface area (Å²) in [5, 5.41) is 16.1. The van der Waals surface area contributed by atoms with Crippen LogP contribution in [-0.4, -0.2) is 34.1 Å². The second kappa shape index (κ2) is 6.16. The average Bonchev–Trinajstić information content (AvgIpc) is 2.52. The van der Waals surface area contributed by atoms with Crippen molar-refractivity contribution in [1.82, 2.24) is 15.1 Å². The topological polar surface area (TPSA) is 50.1 Å². The minimum Gasteiger partial charge on any atom is -0.396 e. The van der Waals surface area contributed by atoms with E-state index in [2.05, 4.69) is 33.3 Å². The third-order valence-corrected chi connectivity index (χ3v) is 2.30. The summed E-state index contributed by atoms with van der Waals surface area (Å²) in [6.45, 7) is 4.04. The molecule has 0 aliphatic carbocycles. The Hall–Kier alpha value is -0.390. The van der Waals surface area contributed by atoms with E-state index >= 15 is 0 Å². The van der Waals surface area contributed by atoms with Gasteiger partial charge in [0.25, 0.3) is 0 Å². The maximum absolute atomic E-state index is 8.61. The first kappa shape index (κ1) is 11.7. The molecule has 14 heavy (non-hydrogen) atoms. The van der Waals surface area contributed by atoms with Gasteiger partial charge in [-0.2, -0.15) is 5.10 Å². The van der Waals surface area contributed by atoms with Crippen molar-refractivity contribution in [2.45, 2.75) is 25.9 Å². The molecule has 1 unspecified atom stereocenters. The molecule has 0 aromatic carbocycles. The highest BCUT2D eigenvalue weighted by molar-refractivity contribution is 9.10. The number of nitrogens with zero attached hydrogens (tertiary/aromatic N) is 2. The van der Waals surface area contributed by atoms with Crippen LogP contribution in [0.2, 0.25) is 0 Å². The molecule has 0 saturated heterocycles. The number of hydrogen-bond donors (Lipinski definition) is 2. The zero-order valence-corrected chi connectivity index (χ0v) is 9.87. The first-order valence-corrected chi connectivity index (χ1v) is 5.54. The Labute approximate surface area is 92.4 Å². The van der Waals surface area contributed by atoms with Gasteiger partial charge in [-0.15, -0.1) is 0 Å². The Balaban J connectivity index is 2.23. The van der Waals surface area contributed by atoms with Gasteiger partial charge in [-0.1, -0.05) is 0 Å². The average molecular weight is 262 g/mol. The molecule has 1 heterocycles. The SMILES string of the molecule is CC(Cn1cc(Br)cn1)NCCCO. The largest absolute Gasteiger partial charge is 0.396 e. The standard InChI is InChI=1S/C9H16BrN3O/c1-8(11-3-2-4-14)6-13-7-9(10)5-12-13/h5,7-8,11,14H,2-4,6H2,1H3. The summed E-state index contributed by atoms with van der Waals surface area (Å²) in [6.07, 6.45) is 4.53. The van der Waals surface area contributed by atoms with Gasteiger partial charge in [0, 0.05) is 18.8 Å². The third-order valence-electron chi connectivity index (χ3n) is 1.89. The molecule has 1 aromatic rings.